The van der Waals surface area contributed by atoms with Gasteiger partial charge in [0.15, 0.2) is 0 Å². The Hall–Kier alpha value is -2.06. The van der Waals surface area contributed by atoms with E-state index in [1.54, 1.807) is 0 Å². The van der Waals surface area contributed by atoms with Crippen LogP contribution in [-0.2, 0) is 27.9 Å². The molecule has 2 unspecified atom stereocenters. The number of hydrogen-bond acceptors (Lipinski definition) is 7. The SMILES string of the molecule is CC/C=C\C/C=C\C/C=C\C/C=C\CCCCCCC(=O)OC(COCCCCCCCCCCCC/C=C\C/C=C\CCCCCCC)COP(=O)(O)OCCN. The van der Waals surface area contributed by atoms with Gasteiger partial charge in [0.1, 0.15) is 6.10 Å². The van der Waals surface area contributed by atoms with Crippen molar-refractivity contribution in [3.05, 3.63) is 72.9 Å². The van der Waals surface area contributed by atoms with Gasteiger partial charge in [-0.2, -0.15) is 0 Å². The van der Waals surface area contributed by atoms with E-state index in [4.69, 9.17) is 24.3 Å². The van der Waals surface area contributed by atoms with Gasteiger partial charge in [0.25, 0.3) is 0 Å². The van der Waals surface area contributed by atoms with Crippen molar-refractivity contribution >= 4 is 13.8 Å². The van der Waals surface area contributed by atoms with E-state index in [-0.39, 0.29) is 38.8 Å². The van der Waals surface area contributed by atoms with Gasteiger partial charge in [0.05, 0.1) is 19.8 Å². The number of phosphoric acid groups is 1. The molecule has 0 aliphatic heterocycles. The molecule has 0 aromatic heterocycles. The van der Waals surface area contributed by atoms with Crippen molar-refractivity contribution in [3.63, 3.8) is 0 Å². The summed E-state index contributed by atoms with van der Waals surface area (Å²) in [5.41, 5.74) is 5.38. The van der Waals surface area contributed by atoms with Gasteiger partial charge in [-0.05, 0) is 83.5 Å². The Kier molecular flexibility index (Phi) is 44.4. The number of nitrogens with two attached hydrogens (primary N) is 1. The van der Waals surface area contributed by atoms with E-state index in [1.807, 2.05) is 0 Å². The highest BCUT2D eigenvalue weighted by atomic mass is 31.2. The number of allylic oxidation sites excluding steroid dienone is 12. The van der Waals surface area contributed by atoms with Crippen LogP contribution in [0, 0.1) is 0 Å². The second kappa shape index (κ2) is 46.0. The first-order valence-corrected chi connectivity index (χ1v) is 24.9. The molecule has 0 aromatic rings. The lowest BCUT2D eigenvalue weighted by Crippen LogP contribution is -2.28. The quantitative estimate of drug-likeness (QED) is 0.0270. The molecule has 0 heterocycles. The number of carbonyl (C=O) groups excluding carboxylic acids is 1. The van der Waals surface area contributed by atoms with Gasteiger partial charge >= 0.3 is 13.8 Å². The van der Waals surface area contributed by atoms with Gasteiger partial charge in [0.2, 0.25) is 0 Å². The van der Waals surface area contributed by atoms with Crippen LogP contribution in [-0.4, -0.2) is 49.9 Å². The Morgan fingerprint density at radius 1 is 0.534 bits per heavy atom. The summed E-state index contributed by atoms with van der Waals surface area (Å²) >= 11 is 0. The van der Waals surface area contributed by atoms with Crippen molar-refractivity contribution in [2.45, 2.75) is 200 Å². The summed E-state index contributed by atoms with van der Waals surface area (Å²) < 4.78 is 33.5. The van der Waals surface area contributed by atoms with Crippen LogP contribution in [0.4, 0.5) is 0 Å². The minimum absolute atomic E-state index is 0.0921. The second-order valence-electron chi connectivity index (χ2n) is 15.2. The van der Waals surface area contributed by atoms with Crippen LogP contribution in [0.3, 0.4) is 0 Å². The van der Waals surface area contributed by atoms with Gasteiger partial charge in [-0.15, -0.1) is 0 Å². The number of rotatable bonds is 44. The van der Waals surface area contributed by atoms with E-state index >= 15 is 0 Å². The summed E-state index contributed by atoms with van der Waals surface area (Å²) in [7, 11) is -4.29. The minimum atomic E-state index is -4.29. The fraction of sp³-hybridized carbons (Fsp3) is 0.735. The molecule has 9 heteroatoms. The van der Waals surface area contributed by atoms with E-state index in [2.05, 4.69) is 86.8 Å². The Bertz CT molecular complexity index is 1120. The summed E-state index contributed by atoms with van der Waals surface area (Å²) in [6, 6.07) is 0. The molecule has 8 nitrogen and oxygen atoms in total. The van der Waals surface area contributed by atoms with Crippen molar-refractivity contribution in [1.29, 1.82) is 0 Å². The highest BCUT2D eigenvalue weighted by molar-refractivity contribution is 7.47. The highest BCUT2D eigenvalue weighted by Gasteiger charge is 2.25. The molecule has 2 atom stereocenters. The third kappa shape index (κ3) is 45.0. The topological polar surface area (TPSA) is 117 Å². The van der Waals surface area contributed by atoms with E-state index in [1.165, 1.54) is 96.3 Å². The van der Waals surface area contributed by atoms with Crippen molar-refractivity contribution < 1.29 is 32.8 Å². The normalized spacial score (nSPS) is 14.1. The average molecular weight is 834 g/mol. The molecule has 58 heavy (non-hydrogen) atoms. The lowest BCUT2D eigenvalue weighted by Gasteiger charge is -2.20. The summed E-state index contributed by atoms with van der Waals surface area (Å²) in [4.78, 5) is 22.5. The fourth-order valence-electron chi connectivity index (χ4n) is 6.19. The zero-order chi connectivity index (χ0) is 42.3. The molecule has 0 rings (SSSR count). The fourth-order valence-corrected chi connectivity index (χ4v) is 6.96. The number of esters is 1. The molecule has 336 valence electrons. The highest BCUT2D eigenvalue weighted by Crippen LogP contribution is 2.43. The molecule has 0 saturated carbocycles. The molecule has 0 aliphatic carbocycles. The van der Waals surface area contributed by atoms with Crippen LogP contribution in [0.2, 0.25) is 0 Å². The maximum Gasteiger partial charge on any atom is 0.472 e. The maximum atomic E-state index is 12.6. The summed E-state index contributed by atoms with van der Waals surface area (Å²) in [5, 5.41) is 0. The molecule has 0 aliphatic rings. The molecule has 0 radical (unpaired) electrons. The zero-order valence-corrected chi connectivity index (χ0v) is 38.2. The third-order valence-electron chi connectivity index (χ3n) is 9.61. The maximum absolute atomic E-state index is 12.6. The monoisotopic (exact) mass is 834 g/mol. The number of carbonyl (C=O) groups is 1. The smallest absolute Gasteiger partial charge is 0.457 e. The minimum Gasteiger partial charge on any atom is -0.457 e. The number of phosphoric ester groups is 1. The van der Waals surface area contributed by atoms with Crippen molar-refractivity contribution in [2.24, 2.45) is 5.73 Å². The molecule has 0 bridgehead atoms. The number of ether oxygens (including phenoxy) is 2. The lowest BCUT2D eigenvalue weighted by atomic mass is 10.1. The van der Waals surface area contributed by atoms with Gasteiger partial charge in [0, 0.05) is 19.6 Å². The van der Waals surface area contributed by atoms with Crippen LogP contribution < -0.4 is 5.73 Å². The molecular weight excluding hydrogens is 746 g/mol. The molecule has 0 amide bonds. The van der Waals surface area contributed by atoms with Crippen molar-refractivity contribution in [2.75, 3.05) is 33.0 Å². The van der Waals surface area contributed by atoms with Crippen LogP contribution in [0.5, 0.6) is 0 Å². The standard InChI is InChI=1S/C49H88NO7P/c1-3-5-7-9-11-13-15-17-19-21-22-23-24-25-27-29-31-33-35-37-39-41-44-54-46-48(47-56-58(52,53)55-45-43-50)57-49(51)42-40-38-36-34-32-30-28-26-20-18-16-14-12-10-8-6-4-2/h6,8,12,14-15,17-18,20-22,28,30,48H,3-5,7,9-11,13,16,19,23-27,29,31-47,50H2,1-2H3,(H,52,53)/b8-6-,14-12-,17-15-,20-18-,22-21-,30-28-. The van der Waals surface area contributed by atoms with Gasteiger partial charge in [-0.25, -0.2) is 4.57 Å². The first-order valence-electron chi connectivity index (χ1n) is 23.4. The Balaban J connectivity index is 4.03. The van der Waals surface area contributed by atoms with Crippen molar-refractivity contribution in [3.8, 4) is 0 Å². The zero-order valence-electron chi connectivity index (χ0n) is 37.3. The van der Waals surface area contributed by atoms with E-state index in [0.717, 1.165) is 77.0 Å². The molecule has 0 saturated heterocycles. The molecular formula is C49H88NO7P. The number of hydrogen-bond donors (Lipinski definition) is 2. The van der Waals surface area contributed by atoms with Crippen molar-refractivity contribution in [1.82, 2.24) is 0 Å². The van der Waals surface area contributed by atoms with E-state index in [0.29, 0.717) is 6.61 Å². The van der Waals surface area contributed by atoms with Crippen LogP contribution in [0.15, 0.2) is 72.9 Å². The van der Waals surface area contributed by atoms with Gasteiger partial charge in [-0.3, -0.25) is 13.8 Å². The summed E-state index contributed by atoms with van der Waals surface area (Å²) in [6.45, 7) is 4.75. The average Bonchev–Trinajstić information content (AvgIpc) is 3.21. The molecule has 0 spiro atoms. The summed E-state index contributed by atoms with van der Waals surface area (Å²) in [6.07, 6.45) is 57.8. The van der Waals surface area contributed by atoms with Crippen LogP contribution >= 0.6 is 7.82 Å². The van der Waals surface area contributed by atoms with E-state index in [9.17, 15) is 14.3 Å². The first kappa shape index (κ1) is 55.9. The third-order valence-corrected chi connectivity index (χ3v) is 10.6. The molecule has 3 N–H and O–H groups in total. The predicted molar refractivity (Wildman–Crippen MR) is 247 cm³/mol. The van der Waals surface area contributed by atoms with Gasteiger partial charge in [-0.1, -0.05) is 177 Å². The Labute approximate surface area is 356 Å². The lowest BCUT2D eigenvalue weighted by molar-refractivity contribution is -0.154. The second-order valence-corrected chi connectivity index (χ2v) is 16.7. The first-order chi connectivity index (χ1) is 28.4. The van der Waals surface area contributed by atoms with Crippen LogP contribution in [0.25, 0.3) is 0 Å². The summed E-state index contributed by atoms with van der Waals surface area (Å²) in [5.74, 6) is -0.356. The Morgan fingerprint density at radius 2 is 0.966 bits per heavy atom. The Morgan fingerprint density at radius 3 is 1.45 bits per heavy atom. The predicted octanol–water partition coefficient (Wildman–Crippen LogP) is 14.3. The van der Waals surface area contributed by atoms with Crippen LogP contribution in [0.1, 0.15) is 194 Å². The number of unbranched alkanes of at least 4 members (excludes halogenated alkanes) is 19. The molecule has 0 fully saturated rings. The van der Waals surface area contributed by atoms with Gasteiger partial charge < -0.3 is 20.1 Å². The van der Waals surface area contributed by atoms with E-state index < -0.39 is 13.9 Å². The molecule has 0 aromatic carbocycles. The largest absolute Gasteiger partial charge is 0.472 e.